The number of thioether (sulfide) groups is 1. The second kappa shape index (κ2) is 8.60. The fourth-order valence-electron chi connectivity index (χ4n) is 2.15. The molecular weight excluding hydrogens is 372 g/mol. The number of pyridine rings is 1. The Kier molecular flexibility index (Phi) is 5.99. The van der Waals surface area contributed by atoms with Crippen molar-refractivity contribution < 1.29 is 14.3 Å². The molecule has 0 saturated heterocycles. The molecule has 3 aromatic rings. The summed E-state index contributed by atoms with van der Waals surface area (Å²) < 4.78 is 6.54. The van der Waals surface area contributed by atoms with Gasteiger partial charge in [-0.2, -0.15) is 4.73 Å². The van der Waals surface area contributed by atoms with Gasteiger partial charge in [0, 0.05) is 17.2 Å². The number of rotatable bonds is 6. The largest absolute Gasteiger partial charge is 0.618 e. The summed E-state index contributed by atoms with van der Waals surface area (Å²) in [4.78, 5) is 12.3. The van der Waals surface area contributed by atoms with E-state index in [1.165, 1.54) is 6.20 Å². The minimum atomic E-state index is -0.265. The van der Waals surface area contributed by atoms with Gasteiger partial charge in [-0.25, -0.2) is 0 Å². The number of nitrogens with one attached hydrogen (secondary N) is 1. The second-order valence-electron chi connectivity index (χ2n) is 5.26. The van der Waals surface area contributed by atoms with Gasteiger partial charge in [0.05, 0.1) is 11.4 Å². The van der Waals surface area contributed by atoms with E-state index in [2.05, 4.69) is 5.32 Å². The molecule has 0 fully saturated rings. The Hall–Kier alpha value is -2.70. The number of hydrogen-bond acceptors (Lipinski definition) is 4. The quantitative estimate of drug-likeness (QED) is 0.385. The monoisotopic (exact) mass is 386 g/mol. The summed E-state index contributed by atoms with van der Waals surface area (Å²) in [6, 6.07) is 19.3. The molecule has 0 atom stereocenters. The van der Waals surface area contributed by atoms with Gasteiger partial charge in [-0.15, -0.1) is 0 Å². The topological polar surface area (TPSA) is 65.3 Å². The molecule has 1 heterocycles. The van der Waals surface area contributed by atoms with Crippen molar-refractivity contribution in [3.05, 3.63) is 83.2 Å². The Labute approximate surface area is 160 Å². The summed E-state index contributed by atoms with van der Waals surface area (Å²) in [6.45, 7) is 0. The number of hydrogen-bond donors (Lipinski definition) is 1. The Bertz CT molecular complexity index is 906. The standard InChI is InChI=1S/C19H15ClN2O3S/c20-14-9-10-17(25-15-6-2-1-3-7-15)16(12-14)21-18(23)13-26-19-8-4-5-11-22(19)24/h1-12H,13H2,(H,21,23). The predicted molar refractivity (Wildman–Crippen MR) is 103 cm³/mol. The molecule has 1 N–H and O–H groups in total. The minimum absolute atomic E-state index is 0.0868. The van der Waals surface area contributed by atoms with Crippen molar-refractivity contribution in [3.63, 3.8) is 0 Å². The fraction of sp³-hybridized carbons (Fsp3) is 0.0526. The van der Waals surface area contributed by atoms with Crippen molar-refractivity contribution >= 4 is 35.0 Å². The van der Waals surface area contributed by atoms with Crippen LogP contribution in [0.5, 0.6) is 11.5 Å². The average molecular weight is 387 g/mol. The number of aromatic nitrogens is 1. The Morgan fingerprint density at radius 3 is 2.65 bits per heavy atom. The zero-order chi connectivity index (χ0) is 18.4. The normalized spacial score (nSPS) is 10.3. The molecule has 26 heavy (non-hydrogen) atoms. The van der Waals surface area contributed by atoms with Crippen molar-refractivity contribution in [2.24, 2.45) is 0 Å². The molecule has 5 nitrogen and oxygen atoms in total. The van der Waals surface area contributed by atoms with Gasteiger partial charge in [-0.05, 0) is 48.2 Å². The number of ether oxygens (including phenoxy) is 1. The molecule has 1 amide bonds. The Balaban J connectivity index is 1.69. The molecule has 0 aliphatic carbocycles. The van der Waals surface area contributed by atoms with Crippen LogP contribution in [0.1, 0.15) is 0 Å². The number of nitrogens with zero attached hydrogens (tertiary/aromatic N) is 1. The highest BCUT2D eigenvalue weighted by Crippen LogP contribution is 2.32. The minimum Gasteiger partial charge on any atom is -0.618 e. The zero-order valence-corrected chi connectivity index (χ0v) is 15.2. The molecule has 0 aliphatic heterocycles. The summed E-state index contributed by atoms with van der Waals surface area (Å²) >= 11 is 7.19. The van der Waals surface area contributed by atoms with Crippen LogP contribution in [-0.2, 0) is 4.79 Å². The van der Waals surface area contributed by atoms with Gasteiger partial charge in [-0.1, -0.05) is 29.8 Å². The van der Waals surface area contributed by atoms with Crippen molar-refractivity contribution in [1.82, 2.24) is 0 Å². The SMILES string of the molecule is O=C(CSc1cccc[n+]1[O-])Nc1cc(Cl)ccc1Oc1ccccc1. The van der Waals surface area contributed by atoms with E-state index in [9.17, 15) is 10.0 Å². The lowest BCUT2D eigenvalue weighted by Crippen LogP contribution is -2.28. The maximum Gasteiger partial charge on any atom is 0.251 e. The third kappa shape index (κ3) is 4.91. The molecule has 7 heteroatoms. The molecule has 0 aliphatic rings. The maximum absolute atomic E-state index is 12.3. The first-order valence-electron chi connectivity index (χ1n) is 7.75. The van der Waals surface area contributed by atoms with Gasteiger partial charge in [0.25, 0.3) is 5.03 Å². The van der Waals surface area contributed by atoms with Crippen molar-refractivity contribution in [3.8, 4) is 11.5 Å². The van der Waals surface area contributed by atoms with E-state index in [0.29, 0.717) is 27.2 Å². The summed E-state index contributed by atoms with van der Waals surface area (Å²) in [5.41, 5.74) is 0.468. The molecule has 0 saturated carbocycles. The van der Waals surface area contributed by atoms with Crippen LogP contribution in [0.25, 0.3) is 0 Å². The molecule has 132 valence electrons. The lowest BCUT2D eigenvalue weighted by Gasteiger charge is -2.12. The Morgan fingerprint density at radius 1 is 1.12 bits per heavy atom. The molecule has 0 radical (unpaired) electrons. The van der Waals surface area contributed by atoms with Crippen LogP contribution in [0.15, 0.2) is 78.0 Å². The summed E-state index contributed by atoms with van der Waals surface area (Å²) in [5.74, 6) is 0.955. The van der Waals surface area contributed by atoms with Crippen LogP contribution in [0.3, 0.4) is 0 Å². The first-order chi connectivity index (χ1) is 12.6. The van der Waals surface area contributed by atoms with Gasteiger partial charge < -0.3 is 15.3 Å². The number of amides is 1. The third-order valence-electron chi connectivity index (χ3n) is 3.33. The molecule has 0 unspecified atom stereocenters. The van der Waals surface area contributed by atoms with E-state index in [4.69, 9.17) is 16.3 Å². The lowest BCUT2D eigenvalue weighted by molar-refractivity contribution is -0.645. The third-order valence-corrected chi connectivity index (χ3v) is 4.58. The molecule has 1 aromatic heterocycles. The van der Waals surface area contributed by atoms with Crippen LogP contribution in [0.2, 0.25) is 5.02 Å². The second-order valence-corrected chi connectivity index (χ2v) is 6.69. The van der Waals surface area contributed by atoms with Crippen LogP contribution in [0, 0.1) is 5.21 Å². The smallest absolute Gasteiger partial charge is 0.251 e. The molecule has 0 spiro atoms. The average Bonchev–Trinajstić information content (AvgIpc) is 2.64. The van der Waals surface area contributed by atoms with Gasteiger partial charge in [0.2, 0.25) is 5.91 Å². The zero-order valence-electron chi connectivity index (χ0n) is 13.6. The van der Waals surface area contributed by atoms with Crippen molar-refractivity contribution in [2.75, 3.05) is 11.1 Å². The molecule has 0 bridgehead atoms. The van der Waals surface area contributed by atoms with Crippen LogP contribution < -0.4 is 14.8 Å². The number of benzene rings is 2. The number of anilines is 1. The van der Waals surface area contributed by atoms with Gasteiger partial charge in [0.15, 0.2) is 11.9 Å². The van der Waals surface area contributed by atoms with Crippen LogP contribution >= 0.6 is 23.4 Å². The van der Waals surface area contributed by atoms with Crippen molar-refractivity contribution in [1.29, 1.82) is 0 Å². The molecule has 2 aromatic carbocycles. The number of carbonyl (C=O) groups excluding carboxylic acids is 1. The van der Waals surface area contributed by atoms with Crippen LogP contribution in [-0.4, -0.2) is 11.7 Å². The van der Waals surface area contributed by atoms with E-state index in [-0.39, 0.29) is 11.7 Å². The van der Waals surface area contributed by atoms with E-state index < -0.39 is 0 Å². The lowest BCUT2D eigenvalue weighted by atomic mass is 10.3. The number of para-hydroxylation sites is 1. The highest BCUT2D eigenvalue weighted by molar-refractivity contribution is 7.99. The van der Waals surface area contributed by atoms with E-state index in [0.717, 1.165) is 16.5 Å². The first-order valence-corrected chi connectivity index (χ1v) is 9.11. The predicted octanol–water partition coefficient (Wildman–Crippen LogP) is 4.50. The Morgan fingerprint density at radius 2 is 1.88 bits per heavy atom. The number of carbonyl (C=O) groups is 1. The molecular formula is C19H15ClN2O3S. The van der Waals surface area contributed by atoms with Crippen molar-refractivity contribution in [2.45, 2.75) is 5.03 Å². The maximum atomic E-state index is 12.3. The molecule has 3 rings (SSSR count). The number of halogens is 1. The van der Waals surface area contributed by atoms with E-state index in [1.807, 2.05) is 30.3 Å². The highest BCUT2D eigenvalue weighted by Gasteiger charge is 2.13. The summed E-state index contributed by atoms with van der Waals surface area (Å²) in [5, 5.41) is 15.3. The van der Waals surface area contributed by atoms with Gasteiger partial charge >= 0.3 is 0 Å². The first kappa shape index (κ1) is 18.1. The summed E-state index contributed by atoms with van der Waals surface area (Å²) in [6.07, 6.45) is 1.39. The van der Waals surface area contributed by atoms with Gasteiger partial charge in [-0.3, -0.25) is 4.79 Å². The fourth-order valence-corrected chi connectivity index (χ4v) is 3.04. The van der Waals surface area contributed by atoms with Gasteiger partial charge in [0.1, 0.15) is 5.75 Å². The van der Waals surface area contributed by atoms with Crippen LogP contribution in [0.4, 0.5) is 5.69 Å². The summed E-state index contributed by atoms with van der Waals surface area (Å²) in [7, 11) is 0. The van der Waals surface area contributed by atoms with E-state index >= 15 is 0 Å². The van der Waals surface area contributed by atoms with E-state index in [1.54, 1.807) is 36.4 Å². The highest BCUT2D eigenvalue weighted by atomic mass is 35.5.